The van der Waals surface area contributed by atoms with Gasteiger partial charge in [0, 0.05) is 0 Å². The third-order valence-corrected chi connectivity index (χ3v) is 5.02. The fraction of sp³-hybridized carbons (Fsp3) is 0.769. The van der Waals surface area contributed by atoms with Crippen LogP contribution in [0.15, 0.2) is 12.7 Å². The molecule has 0 aliphatic carbocycles. The summed E-state index contributed by atoms with van der Waals surface area (Å²) in [6.07, 6.45) is 4.92. The molecule has 0 unspecified atom stereocenters. The van der Waals surface area contributed by atoms with E-state index in [1.54, 1.807) is 0 Å². The minimum atomic E-state index is -0.275. The van der Waals surface area contributed by atoms with Crippen molar-refractivity contribution >= 4 is 31.1 Å². The Balaban J connectivity index is 4.28. The molecule has 0 aromatic carbocycles. The summed E-state index contributed by atoms with van der Waals surface area (Å²) in [6, 6.07) is 0. The van der Waals surface area contributed by atoms with Crippen LogP contribution >= 0.6 is 11.8 Å². The van der Waals surface area contributed by atoms with Gasteiger partial charge in [-0.15, -0.1) is 0 Å². The molecule has 0 radical (unpaired) electrons. The van der Waals surface area contributed by atoms with Gasteiger partial charge in [0.1, 0.15) is 0 Å². The summed E-state index contributed by atoms with van der Waals surface area (Å²) in [7, 11) is 0. The average Bonchev–Trinajstić information content (AvgIpc) is 2.25. The second-order valence-corrected chi connectivity index (χ2v) is 7.03. The minimum absolute atomic E-state index is 0.208. The van der Waals surface area contributed by atoms with Crippen LogP contribution in [-0.4, -0.2) is 36.3 Å². The van der Waals surface area contributed by atoms with Crippen LogP contribution in [0.5, 0.6) is 0 Å². The third kappa shape index (κ3) is 6.24. The van der Waals surface area contributed by atoms with Crippen molar-refractivity contribution < 1.29 is 5.11 Å². The molecule has 0 bridgehead atoms. The van der Waals surface area contributed by atoms with Crippen molar-refractivity contribution in [3.8, 4) is 0 Å². The maximum absolute atomic E-state index is 10.1. The number of hydrogen-bond donors (Lipinski definition) is 1. The molecule has 0 aromatic rings. The Bertz CT molecular complexity index is 216. The van der Waals surface area contributed by atoms with Crippen molar-refractivity contribution in [2.75, 3.05) is 5.75 Å². The summed E-state index contributed by atoms with van der Waals surface area (Å²) >= 11 is 4.98. The van der Waals surface area contributed by atoms with Crippen molar-refractivity contribution in [2.45, 2.75) is 46.1 Å². The molecule has 1 nitrogen and oxygen atoms in total. The van der Waals surface area contributed by atoms with Crippen LogP contribution in [0, 0.1) is 11.8 Å². The van der Waals surface area contributed by atoms with Crippen LogP contribution in [0.3, 0.4) is 0 Å². The Hall–Kier alpha value is 0.439. The molecule has 0 aliphatic rings. The quantitative estimate of drug-likeness (QED) is 0.401. The van der Waals surface area contributed by atoms with Gasteiger partial charge in [-0.2, -0.15) is 0 Å². The molecule has 16 heavy (non-hydrogen) atoms. The Labute approximate surface area is 112 Å². The fourth-order valence-corrected chi connectivity index (χ4v) is 3.55. The van der Waals surface area contributed by atoms with E-state index in [1.807, 2.05) is 17.8 Å². The summed E-state index contributed by atoms with van der Waals surface area (Å²) in [6.45, 7) is 10.1. The molecule has 0 aliphatic heterocycles. The number of allylic oxidation sites excluding steroid dienone is 1. The first-order chi connectivity index (χ1) is 7.54. The first-order valence-electron chi connectivity index (χ1n) is 6.00. The van der Waals surface area contributed by atoms with Gasteiger partial charge in [-0.3, -0.25) is 0 Å². The van der Waals surface area contributed by atoms with Gasteiger partial charge in [-0.1, -0.05) is 0 Å². The zero-order chi connectivity index (χ0) is 12.6. The molecule has 0 aromatic heterocycles. The number of aliphatic hydroxyl groups is 1. The van der Waals surface area contributed by atoms with E-state index < -0.39 is 0 Å². The second-order valence-electron chi connectivity index (χ2n) is 4.39. The van der Waals surface area contributed by atoms with Gasteiger partial charge in [-0.05, 0) is 0 Å². The average molecular weight is 307 g/mol. The van der Waals surface area contributed by atoms with E-state index in [1.165, 1.54) is 16.6 Å². The molecule has 0 fully saturated rings. The predicted octanol–water partition coefficient (Wildman–Crippen LogP) is 3.03. The molecule has 1 N–H and O–H groups in total. The molecule has 2 atom stereocenters. The Morgan fingerprint density at radius 2 is 2.12 bits per heavy atom. The molecule has 0 rings (SSSR count). The first kappa shape index (κ1) is 16.4. The molecule has 3 heteroatoms. The summed E-state index contributed by atoms with van der Waals surface area (Å²) in [5.74, 6) is 1.64. The van der Waals surface area contributed by atoms with Gasteiger partial charge in [0.05, 0.1) is 0 Å². The van der Waals surface area contributed by atoms with E-state index in [9.17, 15) is 5.11 Å². The molecule has 0 amide bonds. The van der Waals surface area contributed by atoms with E-state index in [0.717, 1.165) is 12.2 Å². The number of unbranched alkanes of at least 4 members (excludes halogenated alkanes) is 1. The third-order valence-electron chi connectivity index (χ3n) is 2.56. The van der Waals surface area contributed by atoms with Crippen molar-refractivity contribution in [3.63, 3.8) is 0 Å². The SMILES string of the molecule is C=CC[C@H](C(=[Se])SCCCC)[C@H](O)C(C)C. The molecule has 0 heterocycles. The number of hydrogen-bond acceptors (Lipinski definition) is 2. The van der Waals surface area contributed by atoms with Crippen LogP contribution in [-0.2, 0) is 0 Å². The van der Waals surface area contributed by atoms with E-state index in [-0.39, 0.29) is 12.0 Å². The van der Waals surface area contributed by atoms with E-state index in [2.05, 4.69) is 42.9 Å². The van der Waals surface area contributed by atoms with Gasteiger partial charge >= 0.3 is 113 Å². The van der Waals surface area contributed by atoms with E-state index in [4.69, 9.17) is 0 Å². The molecular weight excluding hydrogens is 283 g/mol. The van der Waals surface area contributed by atoms with Gasteiger partial charge in [-0.25, -0.2) is 0 Å². The molecule has 0 saturated heterocycles. The van der Waals surface area contributed by atoms with Crippen molar-refractivity contribution in [1.29, 1.82) is 0 Å². The number of aliphatic hydroxyl groups excluding tert-OH is 1. The van der Waals surface area contributed by atoms with Crippen LogP contribution in [0.4, 0.5) is 0 Å². The van der Waals surface area contributed by atoms with Gasteiger partial charge in [0.2, 0.25) is 0 Å². The molecular formula is C13H24OSSe. The topological polar surface area (TPSA) is 20.2 Å². The summed E-state index contributed by atoms with van der Waals surface area (Å²) in [5.41, 5.74) is 0. The Kier molecular flexibility index (Phi) is 9.73. The predicted molar refractivity (Wildman–Crippen MR) is 77.3 cm³/mol. The summed E-state index contributed by atoms with van der Waals surface area (Å²) in [5, 5.41) is 10.1. The Morgan fingerprint density at radius 1 is 1.50 bits per heavy atom. The number of thioether (sulfide) groups is 1. The Morgan fingerprint density at radius 3 is 2.56 bits per heavy atom. The molecule has 94 valence electrons. The normalized spacial score (nSPS) is 14.8. The van der Waals surface area contributed by atoms with E-state index in [0.29, 0.717) is 5.92 Å². The van der Waals surface area contributed by atoms with Crippen LogP contribution in [0.25, 0.3) is 0 Å². The van der Waals surface area contributed by atoms with Crippen molar-refractivity contribution in [1.82, 2.24) is 0 Å². The summed E-state index contributed by atoms with van der Waals surface area (Å²) in [4.78, 5) is 0. The first-order valence-corrected chi connectivity index (χ1v) is 7.84. The van der Waals surface area contributed by atoms with Gasteiger partial charge in [0.15, 0.2) is 0 Å². The molecule has 0 saturated carbocycles. The maximum atomic E-state index is 10.1. The standard InChI is InChI=1S/C13H24OSSe/c1-5-7-9-15-13(16)11(8-6-2)12(14)10(3)4/h6,10-12,14H,2,5,7-9H2,1,3-4H3/t11-,12+/m0/s1. The van der Waals surface area contributed by atoms with Crippen molar-refractivity contribution in [3.05, 3.63) is 12.7 Å². The van der Waals surface area contributed by atoms with Gasteiger partial charge < -0.3 is 0 Å². The second kappa shape index (κ2) is 9.47. The summed E-state index contributed by atoms with van der Waals surface area (Å²) < 4.78 is 1.23. The molecule has 0 spiro atoms. The van der Waals surface area contributed by atoms with Crippen LogP contribution < -0.4 is 0 Å². The van der Waals surface area contributed by atoms with Crippen LogP contribution in [0.1, 0.15) is 40.0 Å². The zero-order valence-electron chi connectivity index (χ0n) is 10.6. The van der Waals surface area contributed by atoms with Gasteiger partial charge in [0.25, 0.3) is 0 Å². The fourth-order valence-electron chi connectivity index (χ4n) is 1.44. The van der Waals surface area contributed by atoms with Crippen molar-refractivity contribution in [2.24, 2.45) is 11.8 Å². The van der Waals surface area contributed by atoms with Crippen LogP contribution in [0.2, 0.25) is 0 Å². The number of rotatable bonds is 9. The monoisotopic (exact) mass is 308 g/mol. The zero-order valence-corrected chi connectivity index (χ0v) is 13.1. The van der Waals surface area contributed by atoms with E-state index >= 15 is 0 Å².